The summed E-state index contributed by atoms with van der Waals surface area (Å²) in [6, 6.07) is 9.21. The van der Waals surface area contributed by atoms with Gasteiger partial charge in [-0.05, 0) is 32.4 Å². The van der Waals surface area contributed by atoms with Crippen LogP contribution < -0.4 is 5.32 Å². The number of ether oxygens (including phenoxy) is 1. The highest BCUT2D eigenvalue weighted by molar-refractivity contribution is 5.84. The average molecular weight is 290 g/mol. The van der Waals surface area contributed by atoms with Crippen LogP contribution in [0.15, 0.2) is 30.3 Å². The van der Waals surface area contributed by atoms with Gasteiger partial charge < -0.3 is 10.1 Å². The van der Waals surface area contributed by atoms with Crippen LogP contribution in [0.1, 0.15) is 25.3 Å². The molecule has 0 spiro atoms. The highest BCUT2D eigenvalue weighted by Crippen LogP contribution is 2.23. The Morgan fingerprint density at radius 1 is 1.24 bits per heavy atom. The van der Waals surface area contributed by atoms with Crippen molar-refractivity contribution < 1.29 is 14.3 Å². The Hall–Kier alpha value is -1.88. The third-order valence-electron chi connectivity index (χ3n) is 3.87. The predicted octanol–water partition coefficient (Wildman–Crippen LogP) is 1.33. The van der Waals surface area contributed by atoms with Gasteiger partial charge in [0.15, 0.2) is 0 Å². The van der Waals surface area contributed by atoms with Crippen molar-refractivity contribution in [2.24, 2.45) is 0 Å². The molecule has 2 atom stereocenters. The SMILES string of the molecule is CCOC(=O)[C@H]1CC[C@@H](C(=O)NCc2ccccc2)N1C. The van der Waals surface area contributed by atoms with Crippen molar-refractivity contribution in [1.29, 1.82) is 0 Å². The van der Waals surface area contributed by atoms with E-state index in [1.54, 1.807) is 14.0 Å². The van der Waals surface area contributed by atoms with Crippen molar-refractivity contribution in [2.45, 2.75) is 38.4 Å². The van der Waals surface area contributed by atoms with Gasteiger partial charge >= 0.3 is 5.97 Å². The van der Waals surface area contributed by atoms with E-state index in [1.807, 2.05) is 35.2 Å². The van der Waals surface area contributed by atoms with Gasteiger partial charge in [0.25, 0.3) is 0 Å². The van der Waals surface area contributed by atoms with Crippen LogP contribution in [0.5, 0.6) is 0 Å². The van der Waals surface area contributed by atoms with Gasteiger partial charge in [-0.25, -0.2) is 0 Å². The fourth-order valence-corrected chi connectivity index (χ4v) is 2.68. The van der Waals surface area contributed by atoms with Crippen LogP contribution in [-0.2, 0) is 20.9 Å². The van der Waals surface area contributed by atoms with E-state index in [0.717, 1.165) is 5.56 Å². The zero-order chi connectivity index (χ0) is 15.2. The van der Waals surface area contributed by atoms with E-state index in [-0.39, 0.29) is 24.0 Å². The largest absolute Gasteiger partial charge is 0.465 e. The summed E-state index contributed by atoms with van der Waals surface area (Å²) in [5.74, 6) is -0.272. The quantitative estimate of drug-likeness (QED) is 0.831. The second kappa shape index (κ2) is 7.22. The first-order chi connectivity index (χ1) is 10.1. The molecule has 0 aliphatic carbocycles. The number of hydrogen-bond acceptors (Lipinski definition) is 4. The Labute approximate surface area is 125 Å². The molecule has 1 saturated heterocycles. The van der Waals surface area contributed by atoms with Crippen LogP contribution in [-0.4, -0.2) is 42.5 Å². The number of carbonyl (C=O) groups excluding carboxylic acids is 2. The lowest BCUT2D eigenvalue weighted by molar-refractivity contribution is -0.148. The Morgan fingerprint density at radius 2 is 1.90 bits per heavy atom. The first-order valence-electron chi connectivity index (χ1n) is 7.33. The lowest BCUT2D eigenvalue weighted by Crippen LogP contribution is -2.46. The maximum absolute atomic E-state index is 12.3. The first kappa shape index (κ1) is 15.5. The Balaban J connectivity index is 1.87. The molecular formula is C16H22N2O3. The van der Waals surface area contributed by atoms with Crippen LogP contribution >= 0.6 is 0 Å². The second-order valence-corrected chi connectivity index (χ2v) is 5.23. The van der Waals surface area contributed by atoms with Crippen LogP contribution in [0, 0.1) is 0 Å². The molecule has 114 valence electrons. The number of likely N-dealkylation sites (tertiary alicyclic amines) is 1. The molecule has 1 aliphatic rings. The summed E-state index contributed by atoms with van der Waals surface area (Å²) in [5.41, 5.74) is 1.06. The Kier molecular flexibility index (Phi) is 5.33. The summed E-state index contributed by atoms with van der Waals surface area (Å²) < 4.78 is 5.04. The molecule has 1 amide bonds. The van der Waals surface area contributed by atoms with Crippen molar-refractivity contribution in [3.63, 3.8) is 0 Å². The Bertz CT molecular complexity index is 490. The molecule has 0 bridgehead atoms. The number of amides is 1. The molecule has 1 aromatic carbocycles. The lowest BCUT2D eigenvalue weighted by Gasteiger charge is -2.23. The third-order valence-corrected chi connectivity index (χ3v) is 3.87. The van der Waals surface area contributed by atoms with Gasteiger partial charge in [-0.2, -0.15) is 0 Å². The number of nitrogens with one attached hydrogen (secondary N) is 1. The first-order valence-corrected chi connectivity index (χ1v) is 7.33. The molecular weight excluding hydrogens is 268 g/mol. The van der Waals surface area contributed by atoms with Crippen molar-refractivity contribution in [2.75, 3.05) is 13.7 Å². The molecule has 2 rings (SSSR count). The fraction of sp³-hybridized carbons (Fsp3) is 0.500. The molecule has 21 heavy (non-hydrogen) atoms. The number of carbonyl (C=O) groups is 2. The van der Waals surface area contributed by atoms with Crippen molar-refractivity contribution >= 4 is 11.9 Å². The van der Waals surface area contributed by atoms with Crippen LogP contribution in [0.4, 0.5) is 0 Å². The minimum absolute atomic E-state index is 0.0341. The smallest absolute Gasteiger partial charge is 0.323 e. The number of hydrogen-bond donors (Lipinski definition) is 1. The molecule has 1 N–H and O–H groups in total. The number of rotatable bonds is 5. The van der Waals surface area contributed by atoms with Gasteiger partial charge in [0, 0.05) is 6.54 Å². The summed E-state index contributed by atoms with van der Waals surface area (Å²) in [4.78, 5) is 25.9. The van der Waals surface area contributed by atoms with E-state index < -0.39 is 0 Å². The predicted molar refractivity (Wildman–Crippen MR) is 79.5 cm³/mol. The molecule has 1 aromatic rings. The molecule has 1 aliphatic heterocycles. The molecule has 0 radical (unpaired) electrons. The van der Waals surface area contributed by atoms with Gasteiger partial charge in [0.1, 0.15) is 6.04 Å². The van der Waals surface area contributed by atoms with Crippen molar-refractivity contribution in [3.8, 4) is 0 Å². The minimum Gasteiger partial charge on any atom is -0.465 e. The summed E-state index contributed by atoms with van der Waals surface area (Å²) in [6.07, 6.45) is 1.35. The third kappa shape index (κ3) is 3.82. The van der Waals surface area contributed by atoms with Gasteiger partial charge in [0.05, 0.1) is 12.6 Å². The average Bonchev–Trinajstić information content (AvgIpc) is 2.88. The maximum atomic E-state index is 12.3. The zero-order valence-electron chi connectivity index (χ0n) is 12.5. The van der Waals surface area contributed by atoms with Gasteiger partial charge in [-0.1, -0.05) is 30.3 Å². The number of benzene rings is 1. The molecule has 1 fully saturated rings. The van der Waals surface area contributed by atoms with Crippen molar-refractivity contribution in [3.05, 3.63) is 35.9 Å². The zero-order valence-corrected chi connectivity index (χ0v) is 12.5. The summed E-state index contributed by atoms with van der Waals surface area (Å²) in [7, 11) is 1.81. The second-order valence-electron chi connectivity index (χ2n) is 5.23. The molecule has 5 nitrogen and oxygen atoms in total. The number of likely N-dealkylation sites (N-methyl/N-ethyl adjacent to an activating group) is 1. The standard InChI is InChI=1S/C16H22N2O3/c1-3-21-16(20)14-10-9-13(18(14)2)15(19)17-11-12-7-5-4-6-8-12/h4-8,13-14H,3,9-11H2,1-2H3,(H,17,19)/t13-,14+/m0/s1. The van der Waals surface area contributed by atoms with E-state index >= 15 is 0 Å². The van der Waals surface area contributed by atoms with E-state index in [9.17, 15) is 9.59 Å². The summed E-state index contributed by atoms with van der Waals surface area (Å²) in [5, 5.41) is 2.93. The summed E-state index contributed by atoms with van der Waals surface area (Å²) >= 11 is 0. The van der Waals surface area contributed by atoms with Gasteiger partial charge in [-0.3, -0.25) is 14.5 Å². The van der Waals surface area contributed by atoms with E-state index in [4.69, 9.17) is 4.74 Å². The number of esters is 1. The van der Waals surface area contributed by atoms with E-state index in [2.05, 4.69) is 5.32 Å². The van der Waals surface area contributed by atoms with Crippen LogP contribution in [0.2, 0.25) is 0 Å². The normalized spacial score (nSPS) is 22.0. The van der Waals surface area contributed by atoms with Crippen molar-refractivity contribution in [1.82, 2.24) is 10.2 Å². The minimum atomic E-state index is -0.308. The van der Waals surface area contributed by atoms with Gasteiger partial charge in [-0.15, -0.1) is 0 Å². The molecule has 5 heteroatoms. The monoisotopic (exact) mass is 290 g/mol. The highest BCUT2D eigenvalue weighted by atomic mass is 16.5. The van der Waals surface area contributed by atoms with E-state index in [0.29, 0.717) is 26.0 Å². The molecule has 0 aromatic heterocycles. The van der Waals surface area contributed by atoms with Crippen LogP contribution in [0.25, 0.3) is 0 Å². The lowest BCUT2D eigenvalue weighted by atomic mass is 10.1. The summed E-state index contributed by atoms with van der Waals surface area (Å²) in [6.45, 7) is 2.67. The fourth-order valence-electron chi connectivity index (χ4n) is 2.68. The number of nitrogens with zero attached hydrogens (tertiary/aromatic N) is 1. The topological polar surface area (TPSA) is 58.6 Å². The maximum Gasteiger partial charge on any atom is 0.323 e. The van der Waals surface area contributed by atoms with Crippen LogP contribution in [0.3, 0.4) is 0 Å². The molecule has 1 heterocycles. The highest BCUT2D eigenvalue weighted by Gasteiger charge is 2.39. The van der Waals surface area contributed by atoms with E-state index in [1.165, 1.54) is 0 Å². The Morgan fingerprint density at radius 3 is 2.57 bits per heavy atom. The molecule has 0 unspecified atom stereocenters. The molecule has 0 saturated carbocycles. The van der Waals surface area contributed by atoms with Gasteiger partial charge in [0.2, 0.25) is 5.91 Å².